The lowest BCUT2D eigenvalue weighted by atomic mass is 10.1. The van der Waals surface area contributed by atoms with Crippen molar-refractivity contribution >= 4 is 17.4 Å². The fourth-order valence-corrected chi connectivity index (χ4v) is 3.54. The first-order valence-corrected chi connectivity index (χ1v) is 11.0. The molecule has 0 bridgehead atoms. The van der Waals surface area contributed by atoms with E-state index in [-0.39, 0.29) is 5.91 Å². The van der Waals surface area contributed by atoms with E-state index in [0.717, 1.165) is 24.2 Å². The van der Waals surface area contributed by atoms with Gasteiger partial charge in [-0.25, -0.2) is 0 Å². The lowest BCUT2D eigenvalue weighted by Gasteiger charge is -2.07. The number of unbranched alkanes of at least 4 members (excludes halogenated alkanes) is 3. The van der Waals surface area contributed by atoms with Crippen LogP contribution in [0.4, 0.5) is 0 Å². The molecule has 3 rings (SSSR count). The van der Waals surface area contributed by atoms with E-state index in [9.17, 15) is 4.79 Å². The van der Waals surface area contributed by atoms with Gasteiger partial charge < -0.3 is 14.8 Å². The van der Waals surface area contributed by atoms with Crippen LogP contribution in [0.5, 0.6) is 16.7 Å². The average Bonchev–Trinajstić information content (AvgIpc) is 3.20. The topological polar surface area (TPSA) is 73.3 Å². The molecule has 0 aliphatic carbocycles. The Balaban J connectivity index is 1.56. The molecule has 30 heavy (non-hydrogen) atoms. The molecule has 0 spiro atoms. The van der Waals surface area contributed by atoms with Gasteiger partial charge in [0.2, 0.25) is 0 Å². The molecule has 1 amide bonds. The van der Waals surface area contributed by atoms with Crippen molar-refractivity contribution in [3.63, 3.8) is 0 Å². The highest BCUT2D eigenvalue weighted by molar-refractivity contribution is 7.07. The number of amides is 1. The minimum Gasteiger partial charge on any atom is -0.497 e. The highest BCUT2D eigenvalue weighted by Gasteiger charge is 2.10. The Morgan fingerprint density at radius 2 is 1.90 bits per heavy atom. The maximum absolute atomic E-state index is 12.3. The number of hydrogen-bond donors (Lipinski definition) is 1. The zero-order chi connectivity index (χ0) is 21.2. The number of benzene rings is 2. The van der Waals surface area contributed by atoms with Crippen molar-refractivity contribution in [1.82, 2.24) is 14.7 Å². The first-order chi connectivity index (χ1) is 14.7. The third-order valence-electron chi connectivity index (χ3n) is 4.56. The van der Waals surface area contributed by atoms with E-state index < -0.39 is 0 Å². The van der Waals surface area contributed by atoms with Crippen molar-refractivity contribution in [3.8, 4) is 16.7 Å². The van der Waals surface area contributed by atoms with Gasteiger partial charge in [-0.15, -0.1) is 0 Å². The van der Waals surface area contributed by atoms with Crippen LogP contribution in [0.25, 0.3) is 0 Å². The maximum atomic E-state index is 12.3. The van der Waals surface area contributed by atoms with E-state index in [2.05, 4.69) is 21.6 Å². The SMILES string of the molecule is CCCCCCNC(=O)c1cccc(Oc2nc(Cc3cccc(OC)c3)ns2)c1. The number of carbonyl (C=O) groups excluding carboxylic acids is 1. The van der Waals surface area contributed by atoms with Crippen LogP contribution in [0.15, 0.2) is 48.5 Å². The standard InChI is InChI=1S/C23H27N3O3S/c1-3-4-5-6-13-24-22(27)18-10-8-12-20(16-18)29-23-25-21(26-30-23)15-17-9-7-11-19(14-17)28-2/h7-12,14,16H,3-6,13,15H2,1-2H3,(H,24,27). The van der Waals surface area contributed by atoms with Gasteiger partial charge in [0.1, 0.15) is 11.5 Å². The van der Waals surface area contributed by atoms with Crippen molar-refractivity contribution in [3.05, 3.63) is 65.5 Å². The molecule has 3 aromatic rings. The molecule has 158 valence electrons. The van der Waals surface area contributed by atoms with Crippen molar-refractivity contribution in [1.29, 1.82) is 0 Å². The van der Waals surface area contributed by atoms with E-state index in [1.54, 1.807) is 31.4 Å². The smallest absolute Gasteiger partial charge is 0.298 e. The summed E-state index contributed by atoms with van der Waals surface area (Å²) >= 11 is 1.19. The van der Waals surface area contributed by atoms with E-state index in [1.807, 2.05) is 24.3 Å². The molecule has 1 aromatic heterocycles. The van der Waals surface area contributed by atoms with Gasteiger partial charge in [0, 0.05) is 30.1 Å². The van der Waals surface area contributed by atoms with Crippen LogP contribution in [0.2, 0.25) is 0 Å². The number of nitrogens with zero attached hydrogens (tertiary/aromatic N) is 2. The normalized spacial score (nSPS) is 10.6. The number of methoxy groups -OCH3 is 1. The van der Waals surface area contributed by atoms with E-state index in [4.69, 9.17) is 9.47 Å². The molecule has 6 nitrogen and oxygen atoms in total. The predicted molar refractivity (Wildman–Crippen MR) is 119 cm³/mol. The summed E-state index contributed by atoms with van der Waals surface area (Å²) in [6.45, 7) is 2.86. The number of ether oxygens (including phenoxy) is 2. The molecule has 0 fully saturated rings. The van der Waals surface area contributed by atoms with E-state index in [0.29, 0.717) is 35.3 Å². The van der Waals surface area contributed by atoms with Gasteiger partial charge >= 0.3 is 0 Å². The van der Waals surface area contributed by atoms with Crippen LogP contribution < -0.4 is 14.8 Å². The summed E-state index contributed by atoms with van der Waals surface area (Å²) in [7, 11) is 1.65. The molecule has 0 saturated carbocycles. The summed E-state index contributed by atoms with van der Waals surface area (Å²) in [5.74, 6) is 1.97. The number of nitrogens with one attached hydrogen (secondary N) is 1. The fourth-order valence-electron chi connectivity index (χ4n) is 2.97. The molecule has 0 unspecified atom stereocenters. The lowest BCUT2D eigenvalue weighted by molar-refractivity contribution is 0.0952. The van der Waals surface area contributed by atoms with Gasteiger partial charge in [-0.1, -0.05) is 44.4 Å². The van der Waals surface area contributed by atoms with Crippen LogP contribution >= 0.6 is 11.5 Å². The van der Waals surface area contributed by atoms with Crippen LogP contribution in [-0.2, 0) is 6.42 Å². The second kappa shape index (κ2) is 11.3. The van der Waals surface area contributed by atoms with Crippen LogP contribution in [-0.4, -0.2) is 28.9 Å². The minimum absolute atomic E-state index is 0.0899. The fraction of sp³-hybridized carbons (Fsp3) is 0.348. The number of aromatic nitrogens is 2. The third kappa shape index (κ3) is 6.56. The van der Waals surface area contributed by atoms with Crippen molar-refractivity contribution < 1.29 is 14.3 Å². The molecular formula is C23H27N3O3S. The Morgan fingerprint density at radius 1 is 1.07 bits per heavy atom. The summed E-state index contributed by atoms with van der Waals surface area (Å²) in [6.07, 6.45) is 5.10. The summed E-state index contributed by atoms with van der Waals surface area (Å²) in [6, 6.07) is 14.9. The Bertz CT molecular complexity index is 958. The van der Waals surface area contributed by atoms with Gasteiger partial charge in [-0.2, -0.15) is 9.36 Å². The van der Waals surface area contributed by atoms with Crippen LogP contribution in [0.1, 0.15) is 54.4 Å². The van der Waals surface area contributed by atoms with Crippen molar-refractivity contribution in [2.45, 2.75) is 39.0 Å². The second-order valence-corrected chi connectivity index (χ2v) is 7.67. The predicted octanol–water partition coefficient (Wildman–Crippen LogP) is 5.24. The zero-order valence-corrected chi connectivity index (χ0v) is 18.2. The molecule has 0 atom stereocenters. The zero-order valence-electron chi connectivity index (χ0n) is 17.4. The number of rotatable bonds is 11. The summed E-state index contributed by atoms with van der Waals surface area (Å²) in [5.41, 5.74) is 1.64. The van der Waals surface area contributed by atoms with Gasteiger partial charge in [0.25, 0.3) is 11.1 Å². The Labute approximate surface area is 181 Å². The highest BCUT2D eigenvalue weighted by Crippen LogP contribution is 2.25. The monoisotopic (exact) mass is 425 g/mol. The van der Waals surface area contributed by atoms with Crippen LogP contribution in [0.3, 0.4) is 0 Å². The van der Waals surface area contributed by atoms with Crippen molar-refractivity contribution in [2.75, 3.05) is 13.7 Å². The quantitative estimate of drug-likeness (QED) is 0.425. The van der Waals surface area contributed by atoms with E-state index >= 15 is 0 Å². The Hall–Kier alpha value is -2.93. The second-order valence-electron chi connectivity index (χ2n) is 6.95. The minimum atomic E-state index is -0.0899. The first kappa shape index (κ1) is 21.8. The molecule has 0 radical (unpaired) electrons. The first-order valence-electron chi connectivity index (χ1n) is 10.2. The molecule has 1 heterocycles. The third-order valence-corrected chi connectivity index (χ3v) is 5.20. The lowest BCUT2D eigenvalue weighted by Crippen LogP contribution is -2.24. The van der Waals surface area contributed by atoms with Crippen molar-refractivity contribution in [2.24, 2.45) is 0 Å². The summed E-state index contributed by atoms with van der Waals surface area (Å²) in [4.78, 5) is 16.8. The van der Waals surface area contributed by atoms with Gasteiger partial charge in [0.15, 0.2) is 5.82 Å². The Morgan fingerprint density at radius 3 is 2.73 bits per heavy atom. The average molecular weight is 426 g/mol. The molecule has 0 aliphatic heterocycles. The molecule has 2 aromatic carbocycles. The maximum Gasteiger partial charge on any atom is 0.298 e. The summed E-state index contributed by atoms with van der Waals surface area (Å²) < 4.78 is 15.5. The van der Waals surface area contributed by atoms with Gasteiger partial charge in [0.05, 0.1) is 7.11 Å². The van der Waals surface area contributed by atoms with Gasteiger partial charge in [-0.05, 0) is 42.3 Å². The van der Waals surface area contributed by atoms with E-state index in [1.165, 1.54) is 24.4 Å². The molecule has 0 saturated heterocycles. The summed E-state index contributed by atoms with van der Waals surface area (Å²) in [5, 5.41) is 3.41. The van der Waals surface area contributed by atoms with Gasteiger partial charge in [-0.3, -0.25) is 4.79 Å². The number of carbonyl (C=O) groups is 1. The molecular weight excluding hydrogens is 398 g/mol. The molecule has 1 N–H and O–H groups in total. The highest BCUT2D eigenvalue weighted by atomic mass is 32.1. The Kier molecular flexibility index (Phi) is 8.20. The largest absolute Gasteiger partial charge is 0.497 e. The molecule has 0 aliphatic rings. The van der Waals surface area contributed by atoms with Crippen LogP contribution in [0, 0.1) is 0 Å². The number of hydrogen-bond acceptors (Lipinski definition) is 6. The molecule has 7 heteroatoms.